The van der Waals surface area contributed by atoms with Gasteiger partial charge in [0.15, 0.2) is 5.54 Å². The zero-order valence-corrected chi connectivity index (χ0v) is 11.0. The Hall–Kier alpha value is -1.83. The molecule has 0 aromatic rings. The number of nitrogens with one attached hydrogen (secondary N) is 1. The van der Waals surface area contributed by atoms with Crippen LogP contribution in [0.2, 0.25) is 0 Å². The molecule has 0 bridgehead atoms. The molecule has 0 aromatic heterocycles. The summed E-state index contributed by atoms with van der Waals surface area (Å²) in [5.41, 5.74) is -1.42. The number of carbonyl (C=O) groups is 3. The standard InChI is InChI=1S/C11H18N2O6/c1-3-19-8(14)6-13(2)10(17)12-11(9(15)16)4-5-18-7-11/h3-7H2,1-2H3,(H,12,17)(H,15,16). The number of aliphatic carboxylic acids is 1. The molecule has 2 amide bonds. The van der Waals surface area contributed by atoms with Crippen molar-refractivity contribution in [2.24, 2.45) is 0 Å². The van der Waals surface area contributed by atoms with Gasteiger partial charge in [0.1, 0.15) is 6.54 Å². The molecule has 1 atom stereocenters. The van der Waals surface area contributed by atoms with Crippen LogP contribution in [0, 0.1) is 0 Å². The van der Waals surface area contributed by atoms with Crippen LogP contribution in [-0.2, 0) is 19.1 Å². The fraction of sp³-hybridized carbons (Fsp3) is 0.727. The highest BCUT2D eigenvalue weighted by Crippen LogP contribution is 2.19. The quantitative estimate of drug-likeness (QED) is 0.651. The highest BCUT2D eigenvalue weighted by atomic mass is 16.5. The number of hydrogen-bond donors (Lipinski definition) is 2. The van der Waals surface area contributed by atoms with Crippen molar-refractivity contribution in [2.45, 2.75) is 18.9 Å². The zero-order valence-electron chi connectivity index (χ0n) is 11.0. The molecule has 1 heterocycles. The monoisotopic (exact) mass is 274 g/mol. The van der Waals surface area contributed by atoms with Gasteiger partial charge in [0, 0.05) is 20.1 Å². The molecular formula is C11H18N2O6. The van der Waals surface area contributed by atoms with Crippen LogP contribution in [0.25, 0.3) is 0 Å². The Labute approximate surface area is 110 Å². The van der Waals surface area contributed by atoms with Gasteiger partial charge >= 0.3 is 18.0 Å². The van der Waals surface area contributed by atoms with E-state index in [1.54, 1.807) is 6.92 Å². The number of carboxylic acid groups (broad SMARTS) is 1. The molecule has 1 aliphatic heterocycles. The number of hydrogen-bond acceptors (Lipinski definition) is 5. The Morgan fingerprint density at radius 2 is 2.16 bits per heavy atom. The van der Waals surface area contributed by atoms with Crippen molar-refractivity contribution in [3.63, 3.8) is 0 Å². The normalized spacial score (nSPS) is 21.8. The summed E-state index contributed by atoms with van der Waals surface area (Å²) >= 11 is 0. The smallest absolute Gasteiger partial charge is 0.332 e. The summed E-state index contributed by atoms with van der Waals surface area (Å²) in [6, 6.07) is -0.652. The second kappa shape index (κ2) is 6.37. The van der Waals surface area contributed by atoms with Gasteiger partial charge in [0.2, 0.25) is 0 Å². The lowest BCUT2D eigenvalue weighted by atomic mass is 9.99. The average Bonchev–Trinajstić information content (AvgIpc) is 2.79. The minimum absolute atomic E-state index is 0.0820. The molecule has 8 heteroatoms. The minimum atomic E-state index is -1.42. The number of likely N-dealkylation sites (N-methyl/N-ethyl adjacent to an activating group) is 1. The van der Waals surface area contributed by atoms with Crippen molar-refractivity contribution in [1.29, 1.82) is 0 Å². The zero-order chi connectivity index (χ0) is 14.5. The van der Waals surface area contributed by atoms with Crippen LogP contribution in [-0.4, -0.2) is 66.9 Å². The third-order valence-corrected chi connectivity index (χ3v) is 2.80. The predicted molar refractivity (Wildman–Crippen MR) is 63.6 cm³/mol. The number of rotatable bonds is 5. The lowest BCUT2D eigenvalue weighted by Gasteiger charge is -2.26. The molecule has 1 aliphatic rings. The largest absolute Gasteiger partial charge is 0.479 e. The maximum atomic E-state index is 11.8. The van der Waals surface area contributed by atoms with E-state index >= 15 is 0 Å². The first-order valence-corrected chi connectivity index (χ1v) is 5.91. The molecule has 0 aliphatic carbocycles. The Kier molecular flexibility index (Phi) is 5.11. The SMILES string of the molecule is CCOC(=O)CN(C)C(=O)NC1(C(=O)O)CCOC1. The van der Waals surface area contributed by atoms with E-state index in [-0.39, 0.29) is 32.8 Å². The van der Waals surface area contributed by atoms with Crippen molar-refractivity contribution < 1.29 is 29.0 Å². The van der Waals surface area contributed by atoms with Crippen molar-refractivity contribution in [3.05, 3.63) is 0 Å². The second-order valence-electron chi connectivity index (χ2n) is 4.28. The third-order valence-electron chi connectivity index (χ3n) is 2.80. The predicted octanol–water partition coefficient (Wildman–Crippen LogP) is -0.565. The van der Waals surface area contributed by atoms with E-state index in [1.807, 2.05) is 0 Å². The topological polar surface area (TPSA) is 105 Å². The number of carbonyl (C=O) groups excluding carboxylic acids is 2. The first-order valence-electron chi connectivity index (χ1n) is 5.91. The Bertz CT molecular complexity index is 364. The lowest BCUT2D eigenvalue weighted by Crippen LogP contribution is -2.58. The van der Waals surface area contributed by atoms with E-state index < -0.39 is 23.5 Å². The van der Waals surface area contributed by atoms with Crippen molar-refractivity contribution in [3.8, 4) is 0 Å². The van der Waals surface area contributed by atoms with Gasteiger partial charge < -0.3 is 24.8 Å². The van der Waals surface area contributed by atoms with Crippen molar-refractivity contribution in [1.82, 2.24) is 10.2 Å². The summed E-state index contributed by atoms with van der Waals surface area (Å²) in [6.07, 6.45) is 0.196. The van der Waals surface area contributed by atoms with Gasteiger partial charge in [-0.3, -0.25) is 4.79 Å². The molecule has 8 nitrogen and oxygen atoms in total. The first kappa shape index (κ1) is 15.2. The Morgan fingerprint density at radius 1 is 1.47 bits per heavy atom. The van der Waals surface area contributed by atoms with Crippen LogP contribution >= 0.6 is 0 Å². The minimum Gasteiger partial charge on any atom is -0.479 e. The molecular weight excluding hydrogens is 256 g/mol. The number of carboxylic acids is 1. The number of amides is 2. The van der Waals surface area contributed by atoms with E-state index in [0.29, 0.717) is 0 Å². The van der Waals surface area contributed by atoms with E-state index in [9.17, 15) is 14.4 Å². The highest BCUT2D eigenvalue weighted by Gasteiger charge is 2.44. The van der Waals surface area contributed by atoms with E-state index in [4.69, 9.17) is 14.6 Å². The Balaban J connectivity index is 2.57. The second-order valence-corrected chi connectivity index (χ2v) is 4.28. The fourth-order valence-corrected chi connectivity index (χ4v) is 1.66. The summed E-state index contributed by atoms with van der Waals surface area (Å²) in [6.45, 7) is 1.83. The molecule has 0 aromatic carbocycles. The molecule has 1 saturated heterocycles. The molecule has 0 radical (unpaired) electrons. The van der Waals surface area contributed by atoms with Crippen LogP contribution < -0.4 is 5.32 Å². The summed E-state index contributed by atoms with van der Waals surface area (Å²) in [5.74, 6) is -1.70. The maximum absolute atomic E-state index is 11.8. The van der Waals surface area contributed by atoms with Gasteiger partial charge in [0.05, 0.1) is 13.2 Å². The summed E-state index contributed by atoms with van der Waals surface area (Å²) < 4.78 is 9.72. The molecule has 19 heavy (non-hydrogen) atoms. The van der Waals surface area contributed by atoms with E-state index in [2.05, 4.69) is 5.32 Å². The Morgan fingerprint density at radius 3 is 2.63 bits per heavy atom. The van der Waals surface area contributed by atoms with Gasteiger partial charge in [-0.05, 0) is 6.92 Å². The molecule has 1 unspecified atom stereocenters. The van der Waals surface area contributed by atoms with Crippen LogP contribution in [0.1, 0.15) is 13.3 Å². The number of nitrogens with zero attached hydrogens (tertiary/aromatic N) is 1. The summed E-state index contributed by atoms with van der Waals surface area (Å²) in [4.78, 5) is 35.3. The van der Waals surface area contributed by atoms with Crippen LogP contribution in [0.3, 0.4) is 0 Å². The van der Waals surface area contributed by atoms with Crippen LogP contribution in [0.5, 0.6) is 0 Å². The van der Waals surface area contributed by atoms with Crippen LogP contribution in [0.15, 0.2) is 0 Å². The van der Waals surface area contributed by atoms with Crippen molar-refractivity contribution in [2.75, 3.05) is 33.4 Å². The average molecular weight is 274 g/mol. The van der Waals surface area contributed by atoms with Gasteiger partial charge in [-0.1, -0.05) is 0 Å². The molecule has 1 fully saturated rings. The van der Waals surface area contributed by atoms with Crippen molar-refractivity contribution >= 4 is 18.0 Å². The first-order chi connectivity index (χ1) is 8.91. The molecule has 108 valence electrons. The summed E-state index contributed by atoms with van der Waals surface area (Å²) in [7, 11) is 1.39. The number of ether oxygens (including phenoxy) is 2. The molecule has 0 saturated carbocycles. The third kappa shape index (κ3) is 3.82. The fourth-order valence-electron chi connectivity index (χ4n) is 1.66. The maximum Gasteiger partial charge on any atom is 0.332 e. The molecule has 2 N–H and O–H groups in total. The van der Waals surface area contributed by atoms with E-state index in [1.165, 1.54) is 7.05 Å². The molecule has 0 spiro atoms. The van der Waals surface area contributed by atoms with Gasteiger partial charge in [0.25, 0.3) is 0 Å². The lowest BCUT2D eigenvalue weighted by molar-refractivity contribution is -0.144. The van der Waals surface area contributed by atoms with E-state index in [0.717, 1.165) is 4.90 Å². The highest BCUT2D eigenvalue weighted by molar-refractivity contribution is 5.88. The summed E-state index contributed by atoms with van der Waals surface area (Å²) in [5, 5.41) is 11.5. The number of esters is 1. The van der Waals surface area contributed by atoms with Gasteiger partial charge in [-0.15, -0.1) is 0 Å². The molecule has 1 rings (SSSR count). The van der Waals surface area contributed by atoms with Gasteiger partial charge in [-0.25, -0.2) is 9.59 Å². The van der Waals surface area contributed by atoms with Gasteiger partial charge in [-0.2, -0.15) is 0 Å². The van der Waals surface area contributed by atoms with Crippen LogP contribution in [0.4, 0.5) is 4.79 Å². The number of urea groups is 1.